The second kappa shape index (κ2) is 6.83. The number of pyridine rings is 1. The van der Waals surface area contributed by atoms with E-state index in [1.165, 1.54) is 0 Å². The van der Waals surface area contributed by atoms with E-state index in [4.69, 9.17) is 4.74 Å². The van der Waals surface area contributed by atoms with E-state index in [0.717, 1.165) is 11.5 Å². The fourth-order valence-corrected chi connectivity index (χ4v) is 2.78. The van der Waals surface area contributed by atoms with Crippen molar-refractivity contribution < 1.29 is 9.53 Å². The minimum atomic E-state index is -0.178. The molecule has 3 heterocycles. The Balaban J connectivity index is 1.65. The van der Waals surface area contributed by atoms with Crippen molar-refractivity contribution in [2.24, 2.45) is 0 Å². The van der Waals surface area contributed by atoms with Gasteiger partial charge in [0.25, 0.3) is 0 Å². The Morgan fingerprint density at radius 1 is 1.38 bits per heavy atom. The van der Waals surface area contributed by atoms with E-state index in [1.54, 1.807) is 24.4 Å². The number of carbonyl (C=O) groups is 1. The molecule has 0 bridgehead atoms. The molecule has 2 N–H and O–H groups in total. The zero-order valence-corrected chi connectivity index (χ0v) is 13.9. The van der Waals surface area contributed by atoms with Crippen molar-refractivity contribution in [1.29, 1.82) is 0 Å². The molecule has 2 aromatic rings. The largest absolute Gasteiger partial charge is 0.379 e. The van der Waals surface area contributed by atoms with E-state index >= 15 is 0 Å². The highest BCUT2D eigenvalue weighted by Gasteiger charge is 2.37. The van der Waals surface area contributed by atoms with E-state index in [-0.39, 0.29) is 18.1 Å². The molecule has 1 aliphatic rings. The number of nitrogens with one attached hydrogen (secondary N) is 2. The van der Waals surface area contributed by atoms with E-state index in [0.29, 0.717) is 18.8 Å². The first-order valence-corrected chi connectivity index (χ1v) is 7.66. The van der Waals surface area contributed by atoms with Gasteiger partial charge in [-0.15, -0.1) is 0 Å². The van der Waals surface area contributed by atoms with Gasteiger partial charge in [0.1, 0.15) is 5.82 Å². The summed E-state index contributed by atoms with van der Waals surface area (Å²) in [5.41, 5.74) is 1.46. The topological polar surface area (TPSA) is 99.3 Å². The number of carbonyl (C=O) groups excluding carboxylic acids is 1. The van der Waals surface area contributed by atoms with Gasteiger partial charge in [0.2, 0.25) is 0 Å². The molecule has 0 radical (unpaired) electrons. The van der Waals surface area contributed by atoms with Crippen LogP contribution in [0.15, 0.2) is 24.5 Å². The Bertz CT molecular complexity index is 672. The smallest absolute Gasteiger partial charge is 0.322 e. The molecule has 0 aromatic carbocycles. The third-order valence-corrected chi connectivity index (χ3v) is 4.13. The van der Waals surface area contributed by atoms with Crippen molar-refractivity contribution in [1.82, 2.24) is 25.3 Å². The predicted octanol–water partition coefficient (Wildman–Crippen LogP) is 0.912. The van der Waals surface area contributed by atoms with Crippen molar-refractivity contribution >= 4 is 17.5 Å². The number of hydrogen-bond acceptors (Lipinski definition) is 6. The summed E-state index contributed by atoms with van der Waals surface area (Å²) in [7, 11) is 5.47. The lowest BCUT2D eigenvalue weighted by molar-refractivity contribution is 0.0987. The summed E-state index contributed by atoms with van der Waals surface area (Å²) in [6.45, 7) is 1.03. The Hall–Kier alpha value is -2.68. The molecule has 0 unspecified atom stereocenters. The molecular formula is C15H21N7O2. The fourth-order valence-electron chi connectivity index (χ4n) is 2.78. The zero-order chi connectivity index (χ0) is 17.1. The van der Waals surface area contributed by atoms with Crippen LogP contribution in [0.1, 0.15) is 11.6 Å². The average Bonchev–Trinajstić information content (AvgIpc) is 3.24. The first-order chi connectivity index (χ1) is 11.6. The molecular weight excluding hydrogens is 310 g/mol. The zero-order valence-electron chi connectivity index (χ0n) is 13.9. The van der Waals surface area contributed by atoms with Gasteiger partial charge >= 0.3 is 6.03 Å². The van der Waals surface area contributed by atoms with E-state index in [9.17, 15) is 4.79 Å². The van der Waals surface area contributed by atoms with Crippen LogP contribution in [0.5, 0.6) is 0 Å². The Labute approximate surface area is 140 Å². The van der Waals surface area contributed by atoms with Gasteiger partial charge in [0.05, 0.1) is 35.8 Å². The maximum absolute atomic E-state index is 12.5. The van der Waals surface area contributed by atoms with Crippen LogP contribution in [0.2, 0.25) is 0 Å². The van der Waals surface area contributed by atoms with Gasteiger partial charge in [0.15, 0.2) is 0 Å². The summed E-state index contributed by atoms with van der Waals surface area (Å²) >= 11 is 0. The molecule has 1 aliphatic heterocycles. The SMILES string of the molecule is CO[C@@H]1CN(C(=O)Nc2ccc(N(C)C)nc2)C[C@H]1c1cn[nH]n1. The number of anilines is 2. The predicted molar refractivity (Wildman–Crippen MR) is 89.1 cm³/mol. The second-order valence-electron chi connectivity index (χ2n) is 5.91. The van der Waals surface area contributed by atoms with Crippen LogP contribution in [-0.4, -0.2) is 71.7 Å². The van der Waals surface area contributed by atoms with Crippen LogP contribution < -0.4 is 10.2 Å². The molecule has 9 heteroatoms. The van der Waals surface area contributed by atoms with E-state index in [1.807, 2.05) is 31.1 Å². The van der Waals surface area contributed by atoms with Gasteiger partial charge in [-0.1, -0.05) is 0 Å². The van der Waals surface area contributed by atoms with Crippen LogP contribution in [0.25, 0.3) is 0 Å². The van der Waals surface area contributed by atoms with Crippen molar-refractivity contribution in [2.75, 3.05) is 44.5 Å². The van der Waals surface area contributed by atoms with Gasteiger partial charge in [-0.25, -0.2) is 9.78 Å². The lowest BCUT2D eigenvalue weighted by Gasteiger charge is -2.17. The third-order valence-electron chi connectivity index (χ3n) is 4.13. The highest BCUT2D eigenvalue weighted by Crippen LogP contribution is 2.28. The Morgan fingerprint density at radius 3 is 2.79 bits per heavy atom. The molecule has 128 valence electrons. The summed E-state index contributed by atoms with van der Waals surface area (Å²) in [6, 6.07) is 3.51. The molecule has 0 aliphatic carbocycles. The summed E-state index contributed by atoms with van der Waals surface area (Å²) in [6.07, 6.45) is 3.21. The van der Waals surface area contributed by atoms with Crippen molar-refractivity contribution in [3.63, 3.8) is 0 Å². The molecule has 1 saturated heterocycles. The summed E-state index contributed by atoms with van der Waals surface area (Å²) in [5.74, 6) is 0.841. The lowest BCUT2D eigenvalue weighted by Crippen LogP contribution is -2.34. The fraction of sp³-hybridized carbons (Fsp3) is 0.467. The molecule has 2 amide bonds. The number of aromatic nitrogens is 4. The van der Waals surface area contributed by atoms with Gasteiger partial charge in [-0.3, -0.25) is 0 Å². The maximum atomic E-state index is 12.5. The average molecular weight is 331 g/mol. The normalized spacial score (nSPS) is 20.2. The first kappa shape index (κ1) is 16.2. The molecule has 1 fully saturated rings. The molecule has 0 spiro atoms. The van der Waals surface area contributed by atoms with Gasteiger partial charge in [-0.05, 0) is 12.1 Å². The Morgan fingerprint density at radius 2 is 2.21 bits per heavy atom. The number of urea groups is 1. The number of methoxy groups -OCH3 is 1. The van der Waals surface area contributed by atoms with Crippen LogP contribution in [-0.2, 0) is 4.74 Å². The van der Waals surface area contributed by atoms with E-state index < -0.39 is 0 Å². The number of H-pyrrole nitrogens is 1. The highest BCUT2D eigenvalue weighted by molar-refractivity contribution is 5.89. The summed E-state index contributed by atoms with van der Waals surface area (Å²) in [4.78, 5) is 20.4. The highest BCUT2D eigenvalue weighted by atomic mass is 16.5. The number of nitrogens with zero attached hydrogens (tertiary/aromatic N) is 5. The molecule has 3 rings (SSSR count). The standard InChI is InChI=1S/C15H21N7O2/c1-21(2)14-5-4-10(6-16-14)18-15(23)22-8-11(13(9-22)24-3)12-7-17-20-19-12/h4-7,11,13H,8-9H2,1-3H3,(H,18,23)(H,17,19,20)/t11-,13+/m0/s1. The van der Waals surface area contributed by atoms with Crippen LogP contribution in [0, 0.1) is 0 Å². The summed E-state index contributed by atoms with van der Waals surface area (Å²) < 4.78 is 5.50. The molecule has 0 saturated carbocycles. The molecule has 2 atom stereocenters. The third kappa shape index (κ3) is 3.30. The lowest BCUT2D eigenvalue weighted by atomic mass is 10.0. The molecule has 24 heavy (non-hydrogen) atoms. The molecule has 9 nitrogen and oxygen atoms in total. The number of aromatic amines is 1. The Kier molecular flexibility index (Phi) is 4.61. The number of amides is 2. The van der Waals surface area contributed by atoms with Gasteiger partial charge in [0, 0.05) is 34.3 Å². The van der Waals surface area contributed by atoms with Crippen LogP contribution in [0.3, 0.4) is 0 Å². The van der Waals surface area contributed by atoms with Crippen molar-refractivity contribution in [3.8, 4) is 0 Å². The van der Waals surface area contributed by atoms with Gasteiger partial charge in [-0.2, -0.15) is 15.4 Å². The van der Waals surface area contributed by atoms with Crippen LogP contribution in [0.4, 0.5) is 16.3 Å². The number of ether oxygens (including phenoxy) is 1. The summed E-state index contributed by atoms with van der Waals surface area (Å²) in [5, 5.41) is 13.4. The quantitative estimate of drug-likeness (QED) is 0.864. The van der Waals surface area contributed by atoms with Crippen molar-refractivity contribution in [2.45, 2.75) is 12.0 Å². The van der Waals surface area contributed by atoms with E-state index in [2.05, 4.69) is 25.7 Å². The monoisotopic (exact) mass is 331 g/mol. The number of likely N-dealkylation sites (tertiary alicyclic amines) is 1. The minimum absolute atomic E-state index is 0.00809. The minimum Gasteiger partial charge on any atom is -0.379 e. The second-order valence-corrected chi connectivity index (χ2v) is 5.91. The molecule has 2 aromatic heterocycles. The number of hydrogen-bond donors (Lipinski definition) is 2. The maximum Gasteiger partial charge on any atom is 0.322 e. The van der Waals surface area contributed by atoms with Crippen LogP contribution >= 0.6 is 0 Å². The first-order valence-electron chi connectivity index (χ1n) is 7.66. The number of rotatable bonds is 4. The van der Waals surface area contributed by atoms with Crippen molar-refractivity contribution in [3.05, 3.63) is 30.2 Å². The van der Waals surface area contributed by atoms with Gasteiger partial charge < -0.3 is 19.9 Å².